The maximum absolute atomic E-state index is 12.0. The van der Waals surface area contributed by atoms with E-state index in [9.17, 15) is 9.59 Å². The predicted molar refractivity (Wildman–Crippen MR) is 85.4 cm³/mol. The Kier molecular flexibility index (Phi) is 5.76. The third-order valence-corrected chi connectivity index (χ3v) is 3.55. The molecule has 1 unspecified atom stereocenters. The van der Waals surface area contributed by atoms with Crippen molar-refractivity contribution in [2.45, 2.75) is 25.0 Å². The minimum atomic E-state index is -0.461. The molecule has 1 atom stereocenters. The number of nitrogens with one attached hydrogen (secondary N) is 3. The van der Waals surface area contributed by atoms with E-state index in [1.54, 1.807) is 24.3 Å². The molecule has 2 fully saturated rings. The molecule has 0 bridgehead atoms. The molecule has 1 aliphatic carbocycles. The van der Waals surface area contributed by atoms with Crippen molar-refractivity contribution in [2.24, 2.45) is 0 Å². The Labute approximate surface area is 135 Å². The number of rotatable bonds is 4. The molecule has 1 saturated heterocycles. The molecule has 2 amide bonds. The lowest BCUT2D eigenvalue weighted by molar-refractivity contribution is -0.128. The summed E-state index contributed by atoms with van der Waals surface area (Å²) in [4.78, 5) is 23.8. The van der Waals surface area contributed by atoms with Gasteiger partial charge in [0.15, 0.2) is 0 Å². The van der Waals surface area contributed by atoms with Crippen molar-refractivity contribution in [1.82, 2.24) is 10.6 Å². The average Bonchev–Trinajstić information content (AvgIpc) is 3.33. The summed E-state index contributed by atoms with van der Waals surface area (Å²) in [6.07, 6.45) is 1.67. The molecule has 1 aliphatic heterocycles. The summed E-state index contributed by atoms with van der Waals surface area (Å²) in [5.41, 5.74) is 1.27. The number of anilines is 1. The van der Waals surface area contributed by atoms with Crippen molar-refractivity contribution in [1.29, 1.82) is 0 Å². The molecule has 0 spiro atoms. The zero-order chi connectivity index (χ0) is 14.7. The maximum Gasteiger partial charge on any atom is 0.254 e. The number of carbonyl (C=O) groups is 2. The Morgan fingerprint density at radius 3 is 2.50 bits per heavy atom. The van der Waals surface area contributed by atoms with Crippen molar-refractivity contribution in [3.8, 4) is 0 Å². The quantitative estimate of drug-likeness (QED) is 0.769. The Balaban J connectivity index is 0.00000176. The summed E-state index contributed by atoms with van der Waals surface area (Å²) in [5, 5.41) is 8.83. The first-order valence-electron chi connectivity index (χ1n) is 7.26. The SMILES string of the molecule is Cl.O=C(NC1CC1)c1ccc(NC(=O)C2CNCCO2)cc1. The fraction of sp³-hybridized carbons (Fsp3) is 0.467. The third-order valence-electron chi connectivity index (χ3n) is 3.55. The summed E-state index contributed by atoms with van der Waals surface area (Å²) in [6.45, 7) is 1.83. The fourth-order valence-corrected chi connectivity index (χ4v) is 2.16. The van der Waals surface area contributed by atoms with Crippen LogP contribution in [0, 0.1) is 0 Å². The molecular weight excluding hydrogens is 306 g/mol. The molecule has 7 heteroatoms. The Bertz CT molecular complexity index is 525. The second-order valence-corrected chi connectivity index (χ2v) is 5.38. The second kappa shape index (κ2) is 7.58. The van der Waals surface area contributed by atoms with E-state index in [0.717, 1.165) is 19.4 Å². The largest absolute Gasteiger partial charge is 0.366 e. The minimum Gasteiger partial charge on any atom is -0.366 e. The maximum atomic E-state index is 12.0. The van der Waals surface area contributed by atoms with Crippen molar-refractivity contribution < 1.29 is 14.3 Å². The molecule has 3 N–H and O–H groups in total. The monoisotopic (exact) mass is 325 g/mol. The van der Waals surface area contributed by atoms with E-state index in [0.29, 0.717) is 30.4 Å². The van der Waals surface area contributed by atoms with Gasteiger partial charge in [-0.1, -0.05) is 0 Å². The van der Waals surface area contributed by atoms with Crippen LogP contribution < -0.4 is 16.0 Å². The Morgan fingerprint density at radius 1 is 1.18 bits per heavy atom. The Hall–Kier alpha value is -1.63. The Morgan fingerprint density at radius 2 is 1.91 bits per heavy atom. The van der Waals surface area contributed by atoms with Crippen molar-refractivity contribution in [3.05, 3.63) is 29.8 Å². The van der Waals surface area contributed by atoms with Gasteiger partial charge in [0.25, 0.3) is 11.8 Å². The van der Waals surface area contributed by atoms with Gasteiger partial charge >= 0.3 is 0 Å². The number of carbonyl (C=O) groups excluding carboxylic acids is 2. The van der Waals surface area contributed by atoms with Crippen LogP contribution in [0.1, 0.15) is 23.2 Å². The molecule has 0 radical (unpaired) electrons. The van der Waals surface area contributed by atoms with Crippen LogP contribution >= 0.6 is 12.4 Å². The summed E-state index contributed by atoms with van der Waals surface area (Å²) < 4.78 is 5.39. The molecule has 1 aromatic carbocycles. The molecule has 1 aromatic rings. The highest BCUT2D eigenvalue weighted by atomic mass is 35.5. The van der Waals surface area contributed by atoms with Crippen LogP contribution in [-0.4, -0.2) is 43.7 Å². The van der Waals surface area contributed by atoms with E-state index in [-0.39, 0.29) is 24.2 Å². The predicted octanol–water partition coefficient (Wildman–Crippen LogP) is 0.927. The van der Waals surface area contributed by atoms with Crippen LogP contribution in [0.15, 0.2) is 24.3 Å². The smallest absolute Gasteiger partial charge is 0.254 e. The van der Waals surface area contributed by atoms with Gasteiger partial charge in [-0.3, -0.25) is 9.59 Å². The average molecular weight is 326 g/mol. The lowest BCUT2D eigenvalue weighted by Gasteiger charge is -2.22. The van der Waals surface area contributed by atoms with Gasteiger partial charge in [0, 0.05) is 30.4 Å². The van der Waals surface area contributed by atoms with E-state index >= 15 is 0 Å². The van der Waals surface area contributed by atoms with Crippen LogP contribution in [0.3, 0.4) is 0 Å². The lowest BCUT2D eigenvalue weighted by atomic mass is 10.2. The van der Waals surface area contributed by atoms with Gasteiger partial charge in [0.1, 0.15) is 6.10 Å². The van der Waals surface area contributed by atoms with Gasteiger partial charge in [-0.2, -0.15) is 0 Å². The molecule has 1 saturated carbocycles. The van der Waals surface area contributed by atoms with Gasteiger partial charge in [0.2, 0.25) is 0 Å². The number of benzene rings is 1. The van der Waals surface area contributed by atoms with E-state index in [2.05, 4.69) is 16.0 Å². The molecule has 6 nitrogen and oxygen atoms in total. The molecule has 120 valence electrons. The van der Waals surface area contributed by atoms with Crippen molar-refractivity contribution in [3.63, 3.8) is 0 Å². The zero-order valence-electron chi connectivity index (χ0n) is 12.1. The first-order valence-corrected chi connectivity index (χ1v) is 7.26. The van der Waals surface area contributed by atoms with Crippen molar-refractivity contribution in [2.75, 3.05) is 25.0 Å². The summed E-state index contributed by atoms with van der Waals surface area (Å²) in [5.74, 6) is -0.229. The van der Waals surface area contributed by atoms with Crippen LogP contribution in [0.5, 0.6) is 0 Å². The standard InChI is InChI=1S/C15H19N3O3.ClH/c19-14(17-12-5-6-12)10-1-3-11(4-2-10)18-15(20)13-9-16-7-8-21-13;/h1-4,12-13,16H,5-9H2,(H,17,19)(H,18,20);1H. The lowest BCUT2D eigenvalue weighted by Crippen LogP contribution is -2.45. The normalized spacial score (nSPS) is 20.6. The van der Waals surface area contributed by atoms with Crippen LogP contribution in [0.2, 0.25) is 0 Å². The van der Waals surface area contributed by atoms with Gasteiger partial charge < -0.3 is 20.7 Å². The number of amides is 2. The third kappa shape index (κ3) is 4.43. The molecule has 2 aliphatic rings. The highest BCUT2D eigenvalue weighted by Crippen LogP contribution is 2.19. The highest BCUT2D eigenvalue weighted by molar-refractivity contribution is 5.97. The molecular formula is C15H20ClN3O3. The van der Waals surface area contributed by atoms with E-state index < -0.39 is 6.10 Å². The molecule has 0 aromatic heterocycles. The first kappa shape index (κ1) is 16.7. The van der Waals surface area contributed by atoms with Gasteiger partial charge in [-0.15, -0.1) is 12.4 Å². The highest BCUT2D eigenvalue weighted by Gasteiger charge is 2.24. The van der Waals surface area contributed by atoms with E-state index in [4.69, 9.17) is 4.74 Å². The molecule has 3 rings (SSSR count). The van der Waals surface area contributed by atoms with E-state index in [1.165, 1.54) is 0 Å². The van der Waals surface area contributed by atoms with E-state index in [1.807, 2.05) is 0 Å². The van der Waals surface area contributed by atoms with Crippen molar-refractivity contribution >= 4 is 29.9 Å². The molecule has 1 heterocycles. The topological polar surface area (TPSA) is 79.5 Å². The number of hydrogen-bond acceptors (Lipinski definition) is 4. The molecule has 22 heavy (non-hydrogen) atoms. The zero-order valence-corrected chi connectivity index (χ0v) is 12.9. The fourth-order valence-electron chi connectivity index (χ4n) is 2.16. The summed E-state index contributed by atoms with van der Waals surface area (Å²) >= 11 is 0. The van der Waals surface area contributed by atoms with Crippen LogP contribution in [-0.2, 0) is 9.53 Å². The van der Waals surface area contributed by atoms with Gasteiger partial charge in [-0.25, -0.2) is 0 Å². The number of hydrogen-bond donors (Lipinski definition) is 3. The second-order valence-electron chi connectivity index (χ2n) is 5.38. The van der Waals surface area contributed by atoms with Crippen LogP contribution in [0.4, 0.5) is 5.69 Å². The van der Waals surface area contributed by atoms with Crippen LogP contribution in [0.25, 0.3) is 0 Å². The first-order chi connectivity index (χ1) is 10.2. The summed E-state index contributed by atoms with van der Waals surface area (Å²) in [7, 11) is 0. The van der Waals surface area contributed by atoms with Gasteiger partial charge in [-0.05, 0) is 37.1 Å². The minimum absolute atomic E-state index is 0. The number of ether oxygens (including phenoxy) is 1. The number of morpholine rings is 1. The van der Waals surface area contributed by atoms with Gasteiger partial charge in [0.05, 0.1) is 6.61 Å². The number of halogens is 1. The summed E-state index contributed by atoms with van der Waals surface area (Å²) in [6, 6.07) is 7.24.